The standard InChI is InChI=1S/C9H15NO6/c1-5(2)8(9(15)16)10(3-6(11)12)4-7(13)14/h5,8H,3-4H2,1-2H3,(H,11,12)(H,13,14)(H,15,16)/t8-/m0/s1. The van der Waals surface area contributed by atoms with Gasteiger partial charge in [-0.2, -0.15) is 0 Å². The van der Waals surface area contributed by atoms with Crippen LogP contribution in [0.3, 0.4) is 0 Å². The van der Waals surface area contributed by atoms with E-state index in [1.54, 1.807) is 13.8 Å². The molecule has 1 atom stereocenters. The molecule has 0 heterocycles. The van der Waals surface area contributed by atoms with Gasteiger partial charge in [-0.3, -0.25) is 19.3 Å². The Morgan fingerprint density at radius 1 is 1.00 bits per heavy atom. The summed E-state index contributed by atoms with van der Waals surface area (Å²) in [4.78, 5) is 32.9. The molecule has 7 nitrogen and oxygen atoms in total. The minimum absolute atomic E-state index is 0.379. The smallest absolute Gasteiger partial charge is 0.321 e. The van der Waals surface area contributed by atoms with E-state index >= 15 is 0 Å². The fraction of sp³-hybridized carbons (Fsp3) is 0.667. The summed E-state index contributed by atoms with van der Waals surface area (Å²) in [5.41, 5.74) is 0. The quantitative estimate of drug-likeness (QED) is 0.546. The third-order valence-electron chi connectivity index (χ3n) is 1.95. The van der Waals surface area contributed by atoms with Gasteiger partial charge in [0.2, 0.25) is 0 Å². The molecule has 92 valence electrons. The lowest BCUT2D eigenvalue weighted by molar-refractivity contribution is -0.150. The molecule has 0 rings (SSSR count). The second kappa shape index (κ2) is 6.06. The molecule has 0 saturated heterocycles. The Hall–Kier alpha value is -1.63. The van der Waals surface area contributed by atoms with Crippen LogP contribution in [0.25, 0.3) is 0 Å². The van der Waals surface area contributed by atoms with E-state index < -0.39 is 37.0 Å². The van der Waals surface area contributed by atoms with Crippen LogP contribution in [-0.2, 0) is 14.4 Å². The molecule has 0 aliphatic rings. The van der Waals surface area contributed by atoms with Gasteiger partial charge in [0.15, 0.2) is 0 Å². The molecular formula is C9H15NO6. The normalized spacial score (nSPS) is 12.8. The Kier molecular flexibility index (Phi) is 5.44. The highest BCUT2D eigenvalue weighted by molar-refractivity contribution is 5.78. The fourth-order valence-corrected chi connectivity index (χ4v) is 1.46. The number of hydrogen-bond acceptors (Lipinski definition) is 4. The second-order valence-corrected chi connectivity index (χ2v) is 3.72. The summed E-state index contributed by atoms with van der Waals surface area (Å²) < 4.78 is 0. The van der Waals surface area contributed by atoms with E-state index in [1.165, 1.54) is 0 Å². The van der Waals surface area contributed by atoms with Crippen molar-refractivity contribution in [3.8, 4) is 0 Å². The van der Waals surface area contributed by atoms with E-state index in [1.807, 2.05) is 0 Å². The van der Waals surface area contributed by atoms with E-state index in [2.05, 4.69) is 0 Å². The van der Waals surface area contributed by atoms with Gasteiger partial charge in [0.25, 0.3) is 0 Å². The molecule has 0 spiro atoms. The van der Waals surface area contributed by atoms with Crippen LogP contribution >= 0.6 is 0 Å². The minimum Gasteiger partial charge on any atom is -0.480 e. The molecule has 0 unspecified atom stereocenters. The Bertz CT molecular complexity index is 272. The molecule has 0 fully saturated rings. The fourth-order valence-electron chi connectivity index (χ4n) is 1.46. The first-order valence-electron chi connectivity index (χ1n) is 4.66. The minimum atomic E-state index is -1.26. The number of carboxylic acid groups (broad SMARTS) is 3. The van der Waals surface area contributed by atoms with Crippen LogP contribution in [0, 0.1) is 5.92 Å². The molecule has 0 aliphatic heterocycles. The summed E-state index contributed by atoms with van der Waals surface area (Å²) in [5.74, 6) is -4.12. The number of carbonyl (C=O) groups is 3. The molecule has 0 aliphatic carbocycles. The van der Waals surface area contributed by atoms with Gasteiger partial charge in [0.1, 0.15) is 6.04 Å². The van der Waals surface area contributed by atoms with Crippen molar-refractivity contribution in [2.45, 2.75) is 19.9 Å². The molecular weight excluding hydrogens is 218 g/mol. The predicted molar refractivity (Wildman–Crippen MR) is 53.1 cm³/mol. The molecule has 0 aromatic rings. The molecule has 0 bridgehead atoms. The average Bonchev–Trinajstić information content (AvgIpc) is 1.98. The van der Waals surface area contributed by atoms with Gasteiger partial charge >= 0.3 is 17.9 Å². The van der Waals surface area contributed by atoms with Crippen LogP contribution in [-0.4, -0.2) is 57.3 Å². The van der Waals surface area contributed by atoms with E-state index in [4.69, 9.17) is 15.3 Å². The Balaban J connectivity index is 4.87. The number of aliphatic carboxylic acids is 3. The first-order chi connectivity index (χ1) is 7.25. The average molecular weight is 233 g/mol. The van der Waals surface area contributed by atoms with Crippen LogP contribution in [0.15, 0.2) is 0 Å². The SMILES string of the molecule is CC(C)[C@@H](C(=O)O)N(CC(=O)O)CC(=O)O. The molecule has 16 heavy (non-hydrogen) atoms. The molecule has 0 radical (unpaired) electrons. The lowest BCUT2D eigenvalue weighted by Crippen LogP contribution is -2.49. The van der Waals surface area contributed by atoms with Gasteiger partial charge in [0.05, 0.1) is 13.1 Å². The highest BCUT2D eigenvalue weighted by Gasteiger charge is 2.31. The lowest BCUT2D eigenvalue weighted by atomic mass is 10.0. The van der Waals surface area contributed by atoms with Crippen molar-refractivity contribution in [3.05, 3.63) is 0 Å². The summed E-state index contributed by atoms with van der Waals surface area (Å²) >= 11 is 0. The molecule has 0 aromatic carbocycles. The summed E-state index contributed by atoms with van der Waals surface area (Å²) in [7, 11) is 0. The van der Waals surface area contributed by atoms with E-state index in [-0.39, 0.29) is 5.92 Å². The summed E-state index contributed by atoms with van der Waals surface area (Å²) in [5, 5.41) is 26.1. The van der Waals surface area contributed by atoms with Crippen LogP contribution in [0.4, 0.5) is 0 Å². The first-order valence-corrected chi connectivity index (χ1v) is 4.66. The van der Waals surface area contributed by atoms with E-state index in [0.29, 0.717) is 0 Å². The Morgan fingerprint density at radius 2 is 1.38 bits per heavy atom. The number of nitrogens with zero attached hydrogens (tertiary/aromatic N) is 1. The van der Waals surface area contributed by atoms with Crippen molar-refractivity contribution in [1.82, 2.24) is 4.90 Å². The topological polar surface area (TPSA) is 115 Å². The van der Waals surface area contributed by atoms with Crippen molar-refractivity contribution < 1.29 is 29.7 Å². The molecule has 7 heteroatoms. The lowest BCUT2D eigenvalue weighted by Gasteiger charge is -2.28. The Labute approximate surface area is 92.3 Å². The highest BCUT2D eigenvalue weighted by Crippen LogP contribution is 2.11. The maximum atomic E-state index is 10.9. The van der Waals surface area contributed by atoms with Crippen LogP contribution in [0.5, 0.6) is 0 Å². The van der Waals surface area contributed by atoms with Crippen molar-refractivity contribution in [3.63, 3.8) is 0 Å². The number of carboxylic acids is 3. The second-order valence-electron chi connectivity index (χ2n) is 3.72. The third-order valence-corrected chi connectivity index (χ3v) is 1.95. The number of hydrogen-bond donors (Lipinski definition) is 3. The molecule has 0 saturated carbocycles. The summed E-state index contributed by atoms with van der Waals surface area (Å²) in [6.07, 6.45) is 0. The van der Waals surface area contributed by atoms with Crippen LogP contribution < -0.4 is 0 Å². The van der Waals surface area contributed by atoms with Crippen molar-refractivity contribution >= 4 is 17.9 Å². The predicted octanol–water partition coefficient (Wildman–Crippen LogP) is -0.433. The van der Waals surface area contributed by atoms with Gasteiger partial charge in [-0.05, 0) is 5.92 Å². The van der Waals surface area contributed by atoms with E-state index in [0.717, 1.165) is 4.90 Å². The Morgan fingerprint density at radius 3 is 1.56 bits per heavy atom. The van der Waals surface area contributed by atoms with Crippen molar-refractivity contribution in [1.29, 1.82) is 0 Å². The van der Waals surface area contributed by atoms with Crippen LogP contribution in [0.1, 0.15) is 13.8 Å². The van der Waals surface area contributed by atoms with Gasteiger partial charge in [-0.25, -0.2) is 0 Å². The van der Waals surface area contributed by atoms with Gasteiger partial charge in [0, 0.05) is 0 Å². The highest BCUT2D eigenvalue weighted by atomic mass is 16.4. The van der Waals surface area contributed by atoms with E-state index in [9.17, 15) is 14.4 Å². The molecule has 0 amide bonds. The van der Waals surface area contributed by atoms with Crippen LogP contribution in [0.2, 0.25) is 0 Å². The van der Waals surface area contributed by atoms with Gasteiger partial charge < -0.3 is 15.3 Å². The zero-order chi connectivity index (χ0) is 12.9. The molecule has 3 N–H and O–H groups in total. The summed E-state index contributed by atoms with van der Waals surface area (Å²) in [6, 6.07) is -1.12. The largest absolute Gasteiger partial charge is 0.480 e. The summed E-state index contributed by atoms with van der Waals surface area (Å²) in [6.45, 7) is 1.97. The maximum Gasteiger partial charge on any atom is 0.321 e. The molecule has 0 aromatic heterocycles. The number of rotatable bonds is 7. The maximum absolute atomic E-state index is 10.9. The third kappa shape index (κ3) is 4.74. The monoisotopic (exact) mass is 233 g/mol. The van der Waals surface area contributed by atoms with Crippen molar-refractivity contribution in [2.24, 2.45) is 5.92 Å². The van der Waals surface area contributed by atoms with Crippen molar-refractivity contribution in [2.75, 3.05) is 13.1 Å². The van der Waals surface area contributed by atoms with Gasteiger partial charge in [-0.15, -0.1) is 0 Å². The first kappa shape index (κ1) is 14.4. The zero-order valence-electron chi connectivity index (χ0n) is 9.08. The zero-order valence-corrected chi connectivity index (χ0v) is 9.08. The van der Waals surface area contributed by atoms with Gasteiger partial charge in [-0.1, -0.05) is 13.8 Å².